The Morgan fingerprint density at radius 3 is 2.38 bits per heavy atom. The summed E-state index contributed by atoms with van der Waals surface area (Å²) in [7, 11) is 1.74. The van der Waals surface area contributed by atoms with Crippen LogP contribution >= 0.6 is 0 Å². The molecule has 4 heteroatoms. The van der Waals surface area contributed by atoms with Crippen molar-refractivity contribution < 1.29 is 9.53 Å². The van der Waals surface area contributed by atoms with E-state index in [1.807, 2.05) is 35.2 Å². The van der Waals surface area contributed by atoms with Crippen LogP contribution < -0.4 is 0 Å². The van der Waals surface area contributed by atoms with Crippen LogP contribution in [0.2, 0.25) is 0 Å². The first kappa shape index (κ1) is 18.6. The Morgan fingerprint density at radius 1 is 1.00 bits per heavy atom. The Bertz CT molecular complexity index is 675. The van der Waals surface area contributed by atoms with Gasteiger partial charge in [0, 0.05) is 51.3 Å². The minimum atomic E-state index is 0.122. The summed E-state index contributed by atoms with van der Waals surface area (Å²) in [6.07, 6.45) is 1.03. The van der Waals surface area contributed by atoms with E-state index < -0.39 is 0 Å². The molecular formula is C22H28N2O2. The summed E-state index contributed by atoms with van der Waals surface area (Å²) in [6.45, 7) is 5.09. The van der Waals surface area contributed by atoms with Crippen molar-refractivity contribution >= 4 is 5.91 Å². The van der Waals surface area contributed by atoms with Crippen LogP contribution in [0.1, 0.15) is 15.9 Å². The number of methoxy groups -OCH3 is 1. The quantitative estimate of drug-likeness (QED) is 0.801. The second kappa shape index (κ2) is 9.51. The zero-order valence-electron chi connectivity index (χ0n) is 15.5. The lowest BCUT2D eigenvalue weighted by atomic mass is 10.1. The summed E-state index contributed by atoms with van der Waals surface area (Å²) in [6, 6.07) is 20.2. The first-order valence-corrected chi connectivity index (χ1v) is 9.36. The molecule has 2 aromatic carbocycles. The standard InChI is InChI=1S/C22H28N2O2/c1-26-18-20-16-23(13-12-19-8-4-2-5-9-19)14-15-24(17-20)22(25)21-10-6-3-7-11-21/h2-11,20H,12-18H2,1H3/t20-/m0/s1. The maximum atomic E-state index is 12.9. The Balaban J connectivity index is 1.63. The molecule has 1 aliphatic heterocycles. The van der Waals surface area contributed by atoms with Crippen LogP contribution in [0.25, 0.3) is 0 Å². The van der Waals surface area contributed by atoms with E-state index in [9.17, 15) is 4.79 Å². The number of nitrogens with zero attached hydrogens (tertiary/aromatic N) is 2. The SMILES string of the molecule is COC[C@H]1CN(CCc2ccccc2)CCN(C(=O)c2ccccc2)C1. The molecule has 0 aromatic heterocycles. The highest BCUT2D eigenvalue weighted by molar-refractivity contribution is 5.94. The predicted octanol–water partition coefficient (Wildman–Crippen LogP) is 2.95. The maximum Gasteiger partial charge on any atom is 0.253 e. The largest absolute Gasteiger partial charge is 0.384 e. The average Bonchev–Trinajstić information content (AvgIpc) is 2.90. The third-order valence-electron chi connectivity index (χ3n) is 4.95. The van der Waals surface area contributed by atoms with Gasteiger partial charge in [-0.3, -0.25) is 4.79 Å². The second-order valence-electron chi connectivity index (χ2n) is 6.97. The van der Waals surface area contributed by atoms with Crippen molar-refractivity contribution in [2.45, 2.75) is 6.42 Å². The third kappa shape index (κ3) is 5.16. The topological polar surface area (TPSA) is 32.8 Å². The number of carbonyl (C=O) groups is 1. The fourth-order valence-corrected chi connectivity index (χ4v) is 3.60. The molecule has 138 valence electrons. The first-order valence-electron chi connectivity index (χ1n) is 9.36. The van der Waals surface area contributed by atoms with Gasteiger partial charge in [-0.15, -0.1) is 0 Å². The van der Waals surface area contributed by atoms with Gasteiger partial charge in [0.1, 0.15) is 0 Å². The second-order valence-corrected chi connectivity index (χ2v) is 6.97. The van der Waals surface area contributed by atoms with Gasteiger partial charge in [-0.2, -0.15) is 0 Å². The van der Waals surface area contributed by atoms with Crippen molar-refractivity contribution in [3.8, 4) is 0 Å². The summed E-state index contributed by atoms with van der Waals surface area (Å²) in [5.74, 6) is 0.461. The molecule has 3 rings (SSSR count). The van der Waals surface area contributed by atoms with Crippen LogP contribution in [0.5, 0.6) is 0 Å². The molecule has 26 heavy (non-hydrogen) atoms. The highest BCUT2D eigenvalue weighted by atomic mass is 16.5. The van der Waals surface area contributed by atoms with Gasteiger partial charge in [0.15, 0.2) is 0 Å². The number of carbonyl (C=O) groups excluding carboxylic acids is 1. The Kier molecular flexibility index (Phi) is 6.81. The van der Waals surface area contributed by atoms with E-state index in [1.54, 1.807) is 7.11 Å². The first-order chi connectivity index (χ1) is 12.8. The highest BCUT2D eigenvalue weighted by Gasteiger charge is 2.26. The maximum absolute atomic E-state index is 12.9. The lowest BCUT2D eigenvalue weighted by molar-refractivity contribution is 0.0707. The molecule has 0 bridgehead atoms. The van der Waals surface area contributed by atoms with Crippen LogP contribution in [-0.2, 0) is 11.2 Å². The predicted molar refractivity (Wildman–Crippen MR) is 104 cm³/mol. The summed E-state index contributed by atoms with van der Waals surface area (Å²) < 4.78 is 5.42. The van der Waals surface area contributed by atoms with E-state index in [0.717, 1.165) is 44.7 Å². The lowest BCUT2D eigenvalue weighted by Gasteiger charge is -2.24. The van der Waals surface area contributed by atoms with Gasteiger partial charge < -0.3 is 14.5 Å². The van der Waals surface area contributed by atoms with Gasteiger partial charge in [-0.05, 0) is 24.1 Å². The van der Waals surface area contributed by atoms with Crippen molar-refractivity contribution in [3.05, 3.63) is 71.8 Å². The molecule has 2 aromatic rings. The molecule has 0 aliphatic carbocycles. The zero-order chi connectivity index (χ0) is 18.2. The Hall–Kier alpha value is -2.17. The van der Waals surface area contributed by atoms with Gasteiger partial charge >= 0.3 is 0 Å². The van der Waals surface area contributed by atoms with Crippen LogP contribution in [0.15, 0.2) is 60.7 Å². The summed E-state index contributed by atoms with van der Waals surface area (Å²) in [4.78, 5) is 17.3. The smallest absolute Gasteiger partial charge is 0.253 e. The van der Waals surface area contributed by atoms with Crippen molar-refractivity contribution in [1.29, 1.82) is 0 Å². The van der Waals surface area contributed by atoms with Gasteiger partial charge in [0.2, 0.25) is 0 Å². The Morgan fingerprint density at radius 2 is 1.69 bits per heavy atom. The molecule has 0 radical (unpaired) electrons. The minimum absolute atomic E-state index is 0.122. The molecule has 1 aliphatic rings. The van der Waals surface area contributed by atoms with Crippen LogP contribution in [0.3, 0.4) is 0 Å². The molecule has 0 unspecified atom stereocenters. The highest BCUT2D eigenvalue weighted by Crippen LogP contribution is 2.14. The minimum Gasteiger partial charge on any atom is -0.384 e. The molecule has 0 saturated carbocycles. The summed E-state index contributed by atoms with van der Waals surface area (Å²) in [5, 5.41) is 0. The Labute approximate surface area is 156 Å². The van der Waals surface area contributed by atoms with Crippen molar-refractivity contribution in [2.75, 3.05) is 46.4 Å². The zero-order valence-corrected chi connectivity index (χ0v) is 15.5. The fraction of sp³-hybridized carbons (Fsp3) is 0.409. The summed E-state index contributed by atoms with van der Waals surface area (Å²) >= 11 is 0. The molecule has 0 N–H and O–H groups in total. The summed E-state index contributed by atoms with van der Waals surface area (Å²) in [5.41, 5.74) is 2.12. The number of ether oxygens (including phenoxy) is 1. The number of benzene rings is 2. The molecule has 1 atom stereocenters. The average molecular weight is 352 g/mol. The third-order valence-corrected chi connectivity index (χ3v) is 4.95. The number of amides is 1. The number of rotatable bonds is 6. The van der Waals surface area contributed by atoms with Gasteiger partial charge in [0.05, 0.1) is 6.61 Å². The van der Waals surface area contributed by atoms with Crippen LogP contribution in [-0.4, -0.2) is 62.1 Å². The van der Waals surface area contributed by atoms with E-state index in [1.165, 1.54) is 5.56 Å². The lowest BCUT2D eigenvalue weighted by Crippen LogP contribution is -2.37. The van der Waals surface area contributed by atoms with E-state index in [4.69, 9.17) is 4.74 Å². The molecular weight excluding hydrogens is 324 g/mol. The molecule has 1 fully saturated rings. The molecule has 1 amide bonds. The van der Waals surface area contributed by atoms with E-state index in [-0.39, 0.29) is 5.91 Å². The van der Waals surface area contributed by atoms with Gasteiger partial charge in [0.25, 0.3) is 5.91 Å². The molecule has 0 spiro atoms. The van der Waals surface area contributed by atoms with Crippen LogP contribution in [0, 0.1) is 5.92 Å². The van der Waals surface area contributed by atoms with E-state index in [0.29, 0.717) is 12.5 Å². The van der Waals surface area contributed by atoms with Gasteiger partial charge in [-0.25, -0.2) is 0 Å². The molecule has 1 saturated heterocycles. The van der Waals surface area contributed by atoms with Crippen molar-refractivity contribution in [2.24, 2.45) is 5.92 Å². The van der Waals surface area contributed by atoms with Crippen molar-refractivity contribution in [3.63, 3.8) is 0 Å². The normalized spacial score (nSPS) is 18.5. The molecule has 1 heterocycles. The molecule has 4 nitrogen and oxygen atoms in total. The monoisotopic (exact) mass is 352 g/mol. The number of hydrogen-bond acceptors (Lipinski definition) is 3. The van der Waals surface area contributed by atoms with Gasteiger partial charge in [-0.1, -0.05) is 48.5 Å². The van der Waals surface area contributed by atoms with Crippen molar-refractivity contribution in [1.82, 2.24) is 9.80 Å². The fourth-order valence-electron chi connectivity index (χ4n) is 3.60. The number of hydrogen-bond donors (Lipinski definition) is 0. The van der Waals surface area contributed by atoms with E-state index in [2.05, 4.69) is 35.2 Å². The van der Waals surface area contributed by atoms with Crippen LogP contribution in [0.4, 0.5) is 0 Å². The van der Waals surface area contributed by atoms with E-state index >= 15 is 0 Å².